The maximum Gasteiger partial charge on any atom is 0.236 e. The summed E-state index contributed by atoms with van der Waals surface area (Å²) in [6.45, 7) is 4.97. The van der Waals surface area contributed by atoms with E-state index in [9.17, 15) is 4.79 Å². The van der Waals surface area contributed by atoms with Gasteiger partial charge in [0.05, 0.1) is 12.1 Å². The van der Waals surface area contributed by atoms with E-state index in [2.05, 4.69) is 17.3 Å². The van der Waals surface area contributed by atoms with Crippen molar-refractivity contribution in [1.82, 2.24) is 15.1 Å². The molecule has 3 fully saturated rings. The van der Waals surface area contributed by atoms with Crippen molar-refractivity contribution in [3.05, 3.63) is 0 Å². The van der Waals surface area contributed by atoms with Crippen LogP contribution in [0.4, 0.5) is 0 Å². The first kappa shape index (κ1) is 14.3. The van der Waals surface area contributed by atoms with Gasteiger partial charge in [-0.2, -0.15) is 0 Å². The number of piperazine rings is 1. The fourth-order valence-electron chi connectivity index (χ4n) is 3.65. The minimum atomic E-state index is 0.162. The number of likely N-dealkylation sites (N-methyl/N-ethyl adjacent to an activating group) is 1. The zero-order valence-corrected chi connectivity index (χ0v) is 12.6. The van der Waals surface area contributed by atoms with Crippen molar-refractivity contribution in [3.8, 4) is 0 Å². The first-order valence-corrected chi connectivity index (χ1v) is 8.01. The van der Waals surface area contributed by atoms with Crippen LogP contribution >= 0.6 is 0 Å². The standard InChI is InChI=1S/C15H27N3O2/c1-17(12-14(19)18-8-6-16-7-9-18)13-3-10-20-15(11-13)4-2-5-15/h13,16H,2-12H2,1H3. The molecule has 114 valence electrons. The monoisotopic (exact) mass is 281 g/mol. The second kappa shape index (κ2) is 6.00. The second-order valence-electron chi connectivity index (χ2n) is 6.58. The Hall–Kier alpha value is -0.650. The zero-order chi connectivity index (χ0) is 14.0. The minimum absolute atomic E-state index is 0.162. The predicted octanol–water partition coefficient (Wildman–Crippen LogP) is 0.452. The molecule has 5 heteroatoms. The number of nitrogens with zero attached hydrogens (tertiary/aromatic N) is 2. The van der Waals surface area contributed by atoms with Gasteiger partial charge in [0.25, 0.3) is 0 Å². The van der Waals surface area contributed by atoms with Crippen LogP contribution in [0.15, 0.2) is 0 Å². The molecule has 0 radical (unpaired) electrons. The van der Waals surface area contributed by atoms with Gasteiger partial charge < -0.3 is 15.0 Å². The van der Waals surface area contributed by atoms with Crippen molar-refractivity contribution < 1.29 is 9.53 Å². The molecule has 20 heavy (non-hydrogen) atoms. The van der Waals surface area contributed by atoms with Gasteiger partial charge in [-0.1, -0.05) is 0 Å². The highest BCUT2D eigenvalue weighted by atomic mass is 16.5. The summed E-state index contributed by atoms with van der Waals surface area (Å²) in [6.07, 6.45) is 5.90. The van der Waals surface area contributed by atoms with Gasteiger partial charge in [-0.25, -0.2) is 0 Å². The summed E-state index contributed by atoms with van der Waals surface area (Å²) < 4.78 is 5.97. The largest absolute Gasteiger partial charge is 0.375 e. The van der Waals surface area contributed by atoms with Crippen LogP contribution in [0.1, 0.15) is 32.1 Å². The van der Waals surface area contributed by atoms with Crippen LogP contribution in [0, 0.1) is 0 Å². The predicted molar refractivity (Wildman–Crippen MR) is 77.6 cm³/mol. The van der Waals surface area contributed by atoms with Gasteiger partial charge in [0, 0.05) is 38.8 Å². The molecule has 3 rings (SSSR count). The lowest BCUT2D eigenvalue weighted by Crippen LogP contribution is -2.54. The molecule has 1 spiro atoms. The number of nitrogens with one attached hydrogen (secondary N) is 1. The molecule has 0 aromatic rings. The number of hydrogen-bond acceptors (Lipinski definition) is 4. The van der Waals surface area contributed by atoms with Crippen LogP contribution < -0.4 is 5.32 Å². The zero-order valence-electron chi connectivity index (χ0n) is 12.6. The molecule has 1 aliphatic carbocycles. The van der Waals surface area contributed by atoms with Crippen LogP contribution in [-0.4, -0.2) is 73.7 Å². The Kier molecular flexibility index (Phi) is 4.29. The van der Waals surface area contributed by atoms with Crippen molar-refractivity contribution in [3.63, 3.8) is 0 Å². The summed E-state index contributed by atoms with van der Waals surface area (Å²) in [6, 6.07) is 0.510. The molecule has 0 aromatic carbocycles. The highest BCUT2D eigenvalue weighted by molar-refractivity contribution is 5.78. The maximum atomic E-state index is 12.3. The minimum Gasteiger partial charge on any atom is -0.375 e. The molecule has 0 bridgehead atoms. The fourth-order valence-corrected chi connectivity index (χ4v) is 3.65. The Morgan fingerprint density at radius 1 is 1.40 bits per heavy atom. The summed E-state index contributed by atoms with van der Waals surface area (Å²) in [5.74, 6) is 0.281. The fraction of sp³-hybridized carbons (Fsp3) is 0.933. The summed E-state index contributed by atoms with van der Waals surface area (Å²) in [5.41, 5.74) is 0.162. The smallest absolute Gasteiger partial charge is 0.236 e. The Morgan fingerprint density at radius 3 is 2.80 bits per heavy atom. The third-order valence-electron chi connectivity index (χ3n) is 5.21. The number of carbonyl (C=O) groups excluding carboxylic acids is 1. The third-order valence-corrected chi connectivity index (χ3v) is 5.21. The average Bonchev–Trinajstić information content (AvgIpc) is 2.46. The molecule has 1 N–H and O–H groups in total. The number of ether oxygens (including phenoxy) is 1. The normalized spacial score (nSPS) is 29.5. The maximum absolute atomic E-state index is 12.3. The molecule has 2 saturated heterocycles. The van der Waals surface area contributed by atoms with Crippen molar-refractivity contribution in [2.45, 2.75) is 43.7 Å². The molecule has 2 heterocycles. The first-order valence-electron chi connectivity index (χ1n) is 8.01. The quantitative estimate of drug-likeness (QED) is 0.816. The highest BCUT2D eigenvalue weighted by Crippen LogP contribution is 2.43. The van der Waals surface area contributed by atoms with Gasteiger partial charge in [0.2, 0.25) is 5.91 Å². The van der Waals surface area contributed by atoms with E-state index in [-0.39, 0.29) is 11.5 Å². The summed E-state index contributed by atoms with van der Waals surface area (Å²) in [7, 11) is 2.10. The Labute approximate surface area is 121 Å². The molecular weight excluding hydrogens is 254 g/mol. The highest BCUT2D eigenvalue weighted by Gasteiger charge is 2.43. The Morgan fingerprint density at radius 2 is 2.15 bits per heavy atom. The van der Waals surface area contributed by atoms with E-state index in [1.54, 1.807) is 0 Å². The SMILES string of the molecule is CN(CC(=O)N1CCNCC1)C1CCOC2(CCC2)C1. The summed E-state index contributed by atoms with van der Waals surface area (Å²) in [5, 5.41) is 3.29. The van der Waals surface area contributed by atoms with Crippen molar-refractivity contribution >= 4 is 5.91 Å². The van der Waals surface area contributed by atoms with Crippen LogP contribution in [0.25, 0.3) is 0 Å². The molecule has 3 aliphatic rings. The lowest BCUT2D eigenvalue weighted by molar-refractivity contribution is -0.151. The number of rotatable bonds is 3. The van der Waals surface area contributed by atoms with E-state index in [0.717, 1.165) is 45.6 Å². The number of carbonyl (C=O) groups is 1. The average molecular weight is 281 g/mol. The van der Waals surface area contributed by atoms with Gasteiger partial charge in [-0.05, 0) is 39.2 Å². The van der Waals surface area contributed by atoms with Crippen molar-refractivity contribution in [2.75, 3.05) is 46.4 Å². The summed E-state index contributed by atoms with van der Waals surface area (Å²) in [4.78, 5) is 16.6. The molecule has 1 amide bonds. The van der Waals surface area contributed by atoms with Gasteiger partial charge in [-0.15, -0.1) is 0 Å². The van der Waals surface area contributed by atoms with Crippen LogP contribution in [0.3, 0.4) is 0 Å². The first-order chi connectivity index (χ1) is 9.69. The Balaban J connectivity index is 1.50. The van der Waals surface area contributed by atoms with Crippen LogP contribution in [-0.2, 0) is 9.53 Å². The second-order valence-corrected chi connectivity index (χ2v) is 6.58. The molecule has 5 nitrogen and oxygen atoms in total. The van der Waals surface area contributed by atoms with Gasteiger partial charge >= 0.3 is 0 Å². The molecule has 0 aromatic heterocycles. The summed E-state index contributed by atoms with van der Waals surface area (Å²) >= 11 is 0. The van der Waals surface area contributed by atoms with E-state index in [4.69, 9.17) is 4.74 Å². The molecule has 1 atom stereocenters. The van der Waals surface area contributed by atoms with E-state index >= 15 is 0 Å². The lowest BCUT2D eigenvalue weighted by atomic mass is 9.73. The van der Waals surface area contributed by atoms with Gasteiger partial charge in [0.1, 0.15) is 0 Å². The number of hydrogen-bond donors (Lipinski definition) is 1. The lowest BCUT2D eigenvalue weighted by Gasteiger charge is -2.49. The van der Waals surface area contributed by atoms with E-state index in [1.807, 2.05) is 4.90 Å². The van der Waals surface area contributed by atoms with Crippen molar-refractivity contribution in [1.29, 1.82) is 0 Å². The van der Waals surface area contributed by atoms with Crippen LogP contribution in [0.2, 0.25) is 0 Å². The van der Waals surface area contributed by atoms with Gasteiger partial charge in [-0.3, -0.25) is 9.69 Å². The van der Waals surface area contributed by atoms with E-state index in [0.29, 0.717) is 12.6 Å². The molecule has 1 unspecified atom stereocenters. The molecule has 2 aliphatic heterocycles. The topological polar surface area (TPSA) is 44.8 Å². The van der Waals surface area contributed by atoms with Crippen LogP contribution in [0.5, 0.6) is 0 Å². The van der Waals surface area contributed by atoms with E-state index < -0.39 is 0 Å². The third kappa shape index (κ3) is 3.00. The van der Waals surface area contributed by atoms with Gasteiger partial charge in [0.15, 0.2) is 0 Å². The van der Waals surface area contributed by atoms with E-state index in [1.165, 1.54) is 19.3 Å². The molecule has 1 saturated carbocycles. The Bertz CT molecular complexity index is 351. The molecular formula is C15H27N3O2. The van der Waals surface area contributed by atoms with Crippen molar-refractivity contribution in [2.24, 2.45) is 0 Å². The number of amides is 1.